The van der Waals surface area contributed by atoms with E-state index in [1.807, 2.05) is 0 Å². The second-order valence-electron chi connectivity index (χ2n) is 7.83. The molecule has 158 valence electrons. The number of alkyl carbamates (subject to hydrolysis) is 1. The maximum absolute atomic E-state index is 12.5. The second kappa shape index (κ2) is 9.00. The molecule has 29 heavy (non-hydrogen) atoms. The van der Waals surface area contributed by atoms with E-state index in [-0.39, 0.29) is 36.8 Å². The summed E-state index contributed by atoms with van der Waals surface area (Å²) in [4.78, 5) is 24.7. The number of nitrogens with one attached hydrogen (secondary N) is 2. The van der Waals surface area contributed by atoms with Crippen LogP contribution in [-0.2, 0) is 14.2 Å². The number of benzene rings is 1. The van der Waals surface area contributed by atoms with Crippen molar-refractivity contribution >= 4 is 12.0 Å². The molecule has 3 fully saturated rings. The summed E-state index contributed by atoms with van der Waals surface area (Å²) in [6.45, 7) is 0.587. The zero-order chi connectivity index (χ0) is 20.2. The Balaban J connectivity index is 1.28. The molecule has 1 aromatic rings. The largest absolute Gasteiger partial charge is 0.497 e. The number of rotatable bonds is 5. The zero-order valence-electron chi connectivity index (χ0n) is 16.6. The van der Waals surface area contributed by atoms with E-state index >= 15 is 0 Å². The van der Waals surface area contributed by atoms with Crippen LogP contribution in [0.5, 0.6) is 5.75 Å². The van der Waals surface area contributed by atoms with Crippen LogP contribution in [0.3, 0.4) is 0 Å². The molecular weight excluding hydrogens is 376 g/mol. The number of methoxy groups -OCH3 is 1. The van der Waals surface area contributed by atoms with E-state index in [1.54, 1.807) is 31.4 Å². The van der Waals surface area contributed by atoms with E-state index in [0.29, 0.717) is 17.9 Å². The fraction of sp³-hybridized carbons (Fsp3) is 0.619. The van der Waals surface area contributed by atoms with Gasteiger partial charge in [-0.15, -0.1) is 0 Å². The lowest BCUT2D eigenvalue weighted by Crippen LogP contribution is -2.45. The summed E-state index contributed by atoms with van der Waals surface area (Å²) in [5.74, 6) is 0.487. The standard InChI is InChI=1S/C21H28N2O6/c1-26-15-9-7-13(8-10-15)20(24)23-16-11-27-19-17(12-28-18(16)19)29-21(25)22-14-5-3-2-4-6-14/h7-10,14,16-19H,2-6,11-12H2,1H3,(H,22,25)(H,23,24)/t16-,17+,18+,19+/m0/s1. The molecule has 0 aromatic heterocycles. The molecule has 8 heteroatoms. The summed E-state index contributed by atoms with van der Waals surface area (Å²) in [5, 5.41) is 5.91. The van der Waals surface area contributed by atoms with Crippen LogP contribution in [0.25, 0.3) is 0 Å². The lowest BCUT2D eigenvalue weighted by Gasteiger charge is -2.24. The van der Waals surface area contributed by atoms with Gasteiger partial charge in [-0.2, -0.15) is 0 Å². The molecule has 4 rings (SSSR count). The Hall–Kier alpha value is -2.32. The van der Waals surface area contributed by atoms with Gasteiger partial charge >= 0.3 is 6.09 Å². The fourth-order valence-electron chi connectivity index (χ4n) is 4.27. The zero-order valence-corrected chi connectivity index (χ0v) is 16.6. The van der Waals surface area contributed by atoms with Crippen molar-refractivity contribution in [1.29, 1.82) is 0 Å². The Labute approximate surface area is 170 Å². The molecule has 0 bridgehead atoms. The van der Waals surface area contributed by atoms with E-state index in [9.17, 15) is 9.59 Å². The van der Waals surface area contributed by atoms with Crippen molar-refractivity contribution in [3.05, 3.63) is 29.8 Å². The number of carbonyl (C=O) groups is 2. The Kier molecular flexibility index (Phi) is 6.20. The Morgan fingerprint density at radius 3 is 2.41 bits per heavy atom. The van der Waals surface area contributed by atoms with Gasteiger partial charge in [0.05, 0.1) is 26.4 Å². The molecular formula is C21H28N2O6. The fourth-order valence-corrected chi connectivity index (χ4v) is 4.27. The highest BCUT2D eigenvalue weighted by Gasteiger charge is 2.50. The van der Waals surface area contributed by atoms with Crippen LogP contribution < -0.4 is 15.4 Å². The molecule has 2 heterocycles. The number of fused-ring (bicyclic) bond motifs is 1. The first kappa shape index (κ1) is 20.0. The van der Waals surface area contributed by atoms with Crippen LogP contribution >= 0.6 is 0 Å². The normalized spacial score (nSPS) is 29.1. The summed E-state index contributed by atoms with van der Waals surface area (Å²) in [6.07, 6.45) is 3.92. The van der Waals surface area contributed by atoms with Gasteiger partial charge in [0.15, 0.2) is 6.10 Å². The minimum Gasteiger partial charge on any atom is -0.497 e. The van der Waals surface area contributed by atoms with Gasteiger partial charge in [-0.05, 0) is 37.1 Å². The lowest BCUT2D eigenvalue weighted by atomic mass is 9.96. The molecule has 0 radical (unpaired) electrons. The van der Waals surface area contributed by atoms with E-state index in [2.05, 4.69) is 10.6 Å². The van der Waals surface area contributed by atoms with Crippen molar-refractivity contribution in [1.82, 2.24) is 10.6 Å². The van der Waals surface area contributed by atoms with Gasteiger partial charge in [0.2, 0.25) is 0 Å². The summed E-state index contributed by atoms with van der Waals surface area (Å²) >= 11 is 0. The Morgan fingerprint density at radius 1 is 0.966 bits per heavy atom. The highest BCUT2D eigenvalue weighted by molar-refractivity contribution is 5.94. The van der Waals surface area contributed by atoms with Crippen LogP contribution in [0, 0.1) is 0 Å². The maximum atomic E-state index is 12.5. The summed E-state index contributed by atoms with van der Waals surface area (Å²) in [5.41, 5.74) is 0.534. The van der Waals surface area contributed by atoms with E-state index < -0.39 is 12.2 Å². The molecule has 8 nitrogen and oxygen atoms in total. The van der Waals surface area contributed by atoms with Gasteiger partial charge in [-0.25, -0.2) is 4.79 Å². The molecule has 2 amide bonds. The van der Waals surface area contributed by atoms with Crippen LogP contribution in [0.1, 0.15) is 42.5 Å². The highest BCUT2D eigenvalue weighted by Crippen LogP contribution is 2.29. The molecule has 2 N–H and O–H groups in total. The van der Waals surface area contributed by atoms with Gasteiger partial charge < -0.3 is 29.6 Å². The second-order valence-corrected chi connectivity index (χ2v) is 7.83. The number of ether oxygens (including phenoxy) is 4. The average molecular weight is 404 g/mol. The third kappa shape index (κ3) is 4.64. The molecule has 4 atom stereocenters. The van der Waals surface area contributed by atoms with E-state index in [1.165, 1.54) is 6.42 Å². The van der Waals surface area contributed by atoms with Gasteiger partial charge in [0.1, 0.15) is 18.0 Å². The minimum absolute atomic E-state index is 0.190. The van der Waals surface area contributed by atoms with Gasteiger partial charge in [-0.3, -0.25) is 4.79 Å². The number of hydrogen-bond acceptors (Lipinski definition) is 6. The van der Waals surface area contributed by atoms with E-state index in [0.717, 1.165) is 25.7 Å². The van der Waals surface area contributed by atoms with Crippen molar-refractivity contribution in [3.63, 3.8) is 0 Å². The third-order valence-electron chi connectivity index (χ3n) is 5.86. The van der Waals surface area contributed by atoms with Gasteiger partial charge in [0, 0.05) is 11.6 Å². The summed E-state index contributed by atoms with van der Waals surface area (Å²) in [7, 11) is 1.58. The minimum atomic E-state index is -0.466. The summed E-state index contributed by atoms with van der Waals surface area (Å²) < 4.78 is 22.3. The molecule has 1 aliphatic carbocycles. The van der Waals surface area contributed by atoms with Gasteiger partial charge in [0.25, 0.3) is 5.91 Å². The van der Waals surface area contributed by atoms with Crippen molar-refractivity contribution in [2.24, 2.45) is 0 Å². The van der Waals surface area contributed by atoms with Crippen molar-refractivity contribution in [3.8, 4) is 5.75 Å². The first-order chi connectivity index (χ1) is 14.1. The van der Waals surface area contributed by atoms with Crippen molar-refractivity contribution in [2.45, 2.75) is 62.5 Å². The van der Waals surface area contributed by atoms with Gasteiger partial charge in [-0.1, -0.05) is 19.3 Å². The smallest absolute Gasteiger partial charge is 0.407 e. The van der Waals surface area contributed by atoms with E-state index in [4.69, 9.17) is 18.9 Å². The predicted octanol–water partition coefficient (Wildman–Crippen LogP) is 2.02. The molecule has 1 aromatic carbocycles. The molecule has 2 aliphatic heterocycles. The molecule has 3 aliphatic rings. The average Bonchev–Trinajstić information content (AvgIpc) is 3.32. The van der Waals surface area contributed by atoms with Crippen LogP contribution in [-0.4, -0.2) is 62.7 Å². The SMILES string of the molecule is COc1ccc(C(=O)N[C@H]2CO[C@H]3[C@@H]2OC[C@H]3OC(=O)NC2CCCCC2)cc1. The Morgan fingerprint density at radius 2 is 1.69 bits per heavy atom. The highest BCUT2D eigenvalue weighted by atomic mass is 16.6. The maximum Gasteiger partial charge on any atom is 0.407 e. The quantitative estimate of drug-likeness (QED) is 0.780. The first-order valence-electron chi connectivity index (χ1n) is 10.3. The summed E-state index contributed by atoms with van der Waals surface area (Å²) in [6, 6.07) is 6.80. The molecule has 0 spiro atoms. The predicted molar refractivity (Wildman–Crippen MR) is 104 cm³/mol. The number of amides is 2. The lowest BCUT2D eigenvalue weighted by molar-refractivity contribution is 0.00261. The molecule has 2 saturated heterocycles. The molecule has 0 unspecified atom stereocenters. The van der Waals surface area contributed by atoms with Crippen molar-refractivity contribution in [2.75, 3.05) is 20.3 Å². The third-order valence-corrected chi connectivity index (χ3v) is 5.86. The molecule has 1 saturated carbocycles. The van der Waals surface area contributed by atoms with Crippen LogP contribution in [0.15, 0.2) is 24.3 Å². The van der Waals surface area contributed by atoms with Crippen molar-refractivity contribution < 1.29 is 28.5 Å². The van der Waals surface area contributed by atoms with Crippen LogP contribution in [0.4, 0.5) is 4.79 Å². The number of hydrogen-bond donors (Lipinski definition) is 2. The topological polar surface area (TPSA) is 95.1 Å². The van der Waals surface area contributed by atoms with Crippen LogP contribution in [0.2, 0.25) is 0 Å². The number of carbonyl (C=O) groups excluding carboxylic acids is 2. The Bertz CT molecular complexity index is 718. The monoisotopic (exact) mass is 404 g/mol. The first-order valence-corrected chi connectivity index (χ1v) is 10.3.